The quantitative estimate of drug-likeness (QED) is 0.260. The van der Waals surface area contributed by atoms with Gasteiger partial charge in [0.25, 0.3) is 0 Å². The molecular weight excluding hydrogens is 404 g/mol. The Morgan fingerprint density at radius 3 is 1.97 bits per heavy atom. The van der Waals surface area contributed by atoms with Gasteiger partial charge < -0.3 is 9.47 Å². The number of hydrogen-bond donors (Lipinski definition) is 0. The zero-order valence-electron chi connectivity index (χ0n) is 18.5. The Hall–Kier alpha value is -3.80. The number of fused-ring (bicyclic) bond motifs is 1. The Bertz CT molecular complexity index is 1250. The smallest absolute Gasteiger partial charge is 0.189 e. The van der Waals surface area contributed by atoms with E-state index in [2.05, 4.69) is 84.6 Å². The van der Waals surface area contributed by atoms with Crippen molar-refractivity contribution < 1.29 is 9.47 Å². The third-order valence-corrected chi connectivity index (χ3v) is 6.03. The summed E-state index contributed by atoms with van der Waals surface area (Å²) in [5.41, 5.74) is 7.21. The van der Waals surface area contributed by atoms with Crippen LogP contribution in [0.3, 0.4) is 0 Å². The van der Waals surface area contributed by atoms with Crippen molar-refractivity contribution >= 4 is 0 Å². The van der Waals surface area contributed by atoms with Crippen LogP contribution in [0.15, 0.2) is 103 Å². The summed E-state index contributed by atoms with van der Waals surface area (Å²) in [5.74, 6) is 7.26. The number of hydrogen-bond acceptors (Lipinski definition) is 2. The van der Waals surface area contributed by atoms with Gasteiger partial charge in [0.15, 0.2) is 6.79 Å². The first-order valence-corrected chi connectivity index (χ1v) is 11.4. The molecule has 2 nitrogen and oxygen atoms in total. The highest BCUT2D eigenvalue weighted by Gasteiger charge is 2.18. The minimum absolute atomic E-state index is 0.221. The second-order valence-electron chi connectivity index (χ2n) is 8.28. The van der Waals surface area contributed by atoms with E-state index in [1.165, 1.54) is 22.3 Å². The van der Waals surface area contributed by atoms with Crippen molar-refractivity contribution in [2.24, 2.45) is 0 Å². The normalized spacial score (nSPS) is 14.6. The predicted octanol–water partition coefficient (Wildman–Crippen LogP) is 6.66. The molecular formula is C31H26O2. The van der Waals surface area contributed by atoms with E-state index < -0.39 is 0 Å². The molecule has 0 N–H and O–H groups in total. The van der Waals surface area contributed by atoms with E-state index >= 15 is 0 Å². The second kappa shape index (κ2) is 10.2. The van der Waals surface area contributed by atoms with Gasteiger partial charge in [-0.2, -0.15) is 0 Å². The van der Waals surface area contributed by atoms with Crippen LogP contribution >= 0.6 is 0 Å². The van der Waals surface area contributed by atoms with Gasteiger partial charge in [-0.05, 0) is 77.9 Å². The molecule has 1 unspecified atom stereocenters. The van der Waals surface area contributed by atoms with Crippen LogP contribution in [-0.4, -0.2) is 12.9 Å². The Balaban J connectivity index is 1.12. The molecule has 33 heavy (non-hydrogen) atoms. The average molecular weight is 431 g/mol. The SMILES string of the molecule is C(#Cc1ccc(-c2ccccc2)cc1)c1ccc(OCOC2CCc3ccccc3C2)cc1. The van der Waals surface area contributed by atoms with E-state index in [0.29, 0.717) is 0 Å². The fraction of sp³-hybridized carbons (Fsp3) is 0.161. The lowest BCUT2D eigenvalue weighted by atomic mass is 9.90. The van der Waals surface area contributed by atoms with Crippen LogP contribution in [0.5, 0.6) is 5.75 Å². The summed E-state index contributed by atoms with van der Waals surface area (Å²) in [5, 5.41) is 0. The largest absolute Gasteiger partial charge is 0.468 e. The van der Waals surface area contributed by atoms with Gasteiger partial charge in [0.05, 0.1) is 6.10 Å². The van der Waals surface area contributed by atoms with Gasteiger partial charge in [0, 0.05) is 11.1 Å². The highest BCUT2D eigenvalue weighted by atomic mass is 16.7. The molecule has 0 radical (unpaired) electrons. The summed E-state index contributed by atoms with van der Waals surface area (Å²) in [4.78, 5) is 0. The van der Waals surface area contributed by atoms with Gasteiger partial charge in [0.1, 0.15) is 5.75 Å². The minimum atomic E-state index is 0.221. The van der Waals surface area contributed by atoms with Crippen LogP contribution in [0, 0.1) is 11.8 Å². The second-order valence-corrected chi connectivity index (χ2v) is 8.28. The Morgan fingerprint density at radius 1 is 0.636 bits per heavy atom. The summed E-state index contributed by atoms with van der Waals surface area (Å²) in [6.07, 6.45) is 3.29. The molecule has 5 rings (SSSR count). The van der Waals surface area contributed by atoms with Crippen molar-refractivity contribution in [2.75, 3.05) is 6.79 Å². The highest BCUT2D eigenvalue weighted by Crippen LogP contribution is 2.23. The van der Waals surface area contributed by atoms with Gasteiger partial charge in [0.2, 0.25) is 0 Å². The zero-order valence-corrected chi connectivity index (χ0v) is 18.5. The molecule has 0 amide bonds. The molecule has 0 fully saturated rings. The van der Waals surface area contributed by atoms with Crippen LogP contribution in [0.2, 0.25) is 0 Å². The van der Waals surface area contributed by atoms with Crippen LogP contribution in [0.1, 0.15) is 28.7 Å². The summed E-state index contributed by atoms with van der Waals surface area (Å²) >= 11 is 0. The van der Waals surface area contributed by atoms with E-state index in [0.717, 1.165) is 36.1 Å². The van der Waals surface area contributed by atoms with Gasteiger partial charge in [-0.25, -0.2) is 0 Å². The first-order chi connectivity index (χ1) is 16.3. The van der Waals surface area contributed by atoms with Crippen LogP contribution in [0.25, 0.3) is 11.1 Å². The predicted molar refractivity (Wildman–Crippen MR) is 133 cm³/mol. The maximum absolute atomic E-state index is 5.97. The molecule has 4 aromatic carbocycles. The molecule has 0 spiro atoms. The van der Waals surface area contributed by atoms with E-state index in [4.69, 9.17) is 9.47 Å². The number of ether oxygens (including phenoxy) is 2. The summed E-state index contributed by atoms with van der Waals surface area (Å²) in [7, 11) is 0. The van der Waals surface area contributed by atoms with Crippen molar-refractivity contribution in [1.29, 1.82) is 0 Å². The van der Waals surface area contributed by atoms with E-state index in [1.807, 2.05) is 30.3 Å². The molecule has 1 aliphatic carbocycles. The molecule has 0 heterocycles. The van der Waals surface area contributed by atoms with Crippen LogP contribution in [-0.2, 0) is 17.6 Å². The molecule has 4 aromatic rings. The zero-order chi connectivity index (χ0) is 22.3. The molecule has 0 saturated heterocycles. The van der Waals surface area contributed by atoms with Gasteiger partial charge >= 0.3 is 0 Å². The molecule has 2 heteroatoms. The number of rotatable bonds is 5. The standard InChI is InChI=1S/C31H26O2/c1-2-6-26(7-3-1)28-16-12-24(13-17-28)10-11-25-14-19-30(20-15-25)32-23-33-31-21-18-27-8-4-5-9-29(27)22-31/h1-9,12-17,19-20,31H,18,21-23H2. The Labute approximate surface area is 195 Å². The lowest BCUT2D eigenvalue weighted by molar-refractivity contribution is -0.0407. The molecule has 1 aliphatic rings. The third kappa shape index (κ3) is 5.52. The van der Waals surface area contributed by atoms with E-state index in [-0.39, 0.29) is 12.9 Å². The third-order valence-electron chi connectivity index (χ3n) is 6.03. The molecule has 162 valence electrons. The first-order valence-electron chi connectivity index (χ1n) is 11.4. The fourth-order valence-electron chi connectivity index (χ4n) is 4.16. The van der Waals surface area contributed by atoms with Gasteiger partial charge in [-0.1, -0.05) is 78.6 Å². The molecule has 0 aliphatic heterocycles. The highest BCUT2D eigenvalue weighted by molar-refractivity contribution is 5.64. The monoisotopic (exact) mass is 430 g/mol. The molecule has 0 aromatic heterocycles. The van der Waals surface area contributed by atoms with Crippen molar-refractivity contribution in [1.82, 2.24) is 0 Å². The molecule has 0 saturated carbocycles. The summed E-state index contributed by atoms with van der Waals surface area (Å²) in [6, 6.07) is 35.2. The van der Waals surface area contributed by atoms with Crippen LogP contribution in [0.4, 0.5) is 0 Å². The topological polar surface area (TPSA) is 18.5 Å². The van der Waals surface area contributed by atoms with Crippen molar-refractivity contribution in [2.45, 2.75) is 25.4 Å². The number of aryl methyl sites for hydroxylation is 1. The van der Waals surface area contributed by atoms with Crippen molar-refractivity contribution in [3.8, 4) is 28.7 Å². The Kier molecular flexibility index (Phi) is 6.52. The van der Waals surface area contributed by atoms with Gasteiger partial charge in [-0.3, -0.25) is 0 Å². The molecule has 1 atom stereocenters. The fourth-order valence-corrected chi connectivity index (χ4v) is 4.16. The van der Waals surface area contributed by atoms with Crippen LogP contribution < -0.4 is 4.74 Å². The lowest BCUT2D eigenvalue weighted by Crippen LogP contribution is -2.24. The Morgan fingerprint density at radius 2 is 1.24 bits per heavy atom. The molecule has 0 bridgehead atoms. The summed E-state index contributed by atoms with van der Waals surface area (Å²) in [6.45, 7) is 0.269. The summed E-state index contributed by atoms with van der Waals surface area (Å²) < 4.78 is 11.8. The minimum Gasteiger partial charge on any atom is -0.468 e. The van der Waals surface area contributed by atoms with E-state index in [1.54, 1.807) is 0 Å². The average Bonchev–Trinajstić information content (AvgIpc) is 2.89. The first kappa shape index (κ1) is 21.1. The maximum atomic E-state index is 5.97. The number of benzene rings is 4. The van der Waals surface area contributed by atoms with Crippen molar-refractivity contribution in [3.05, 3.63) is 125 Å². The maximum Gasteiger partial charge on any atom is 0.189 e. The van der Waals surface area contributed by atoms with E-state index in [9.17, 15) is 0 Å². The van der Waals surface area contributed by atoms with Gasteiger partial charge in [-0.15, -0.1) is 0 Å². The lowest BCUT2D eigenvalue weighted by Gasteiger charge is -2.24. The van der Waals surface area contributed by atoms with Crippen molar-refractivity contribution in [3.63, 3.8) is 0 Å².